The van der Waals surface area contributed by atoms with Crippen molar-refractivity contribution in [3.8, 4) is 0 Å². The first-order valence-electron chi connectivity index (χ1n) is 6.99. The molecule has 1 aromatic rings. The topological polar surface area (TPSA) is 15.3 Å². The van der Waals surface area contributed by atoms with E-state index in [1.54, 1.807) is 0 Å². The summed E-state index contributed by atoms with van der Waals surface area (Å²) in [5.41, 5.74) is 0. The summed E-state index contributed by atoms with van der Waals surface area (Å²) in [5, 5.41) is 5.81. The number of hydrogen-bond acceptors (Lipinski definition) is 3. The lowest BCUT2D eigenvalue weighted by molar-refractivity contribution is 0.233. The van der Waals surface area contributed by atoms with Crippen molar-refractivity contribution in [3.05, 3.63) is 20.8 Å². The van der Waals surface area contributed by atoms with Gasteiger partial charge in [-0.05, 0) is 65.5 Å². The molecule has 0 amide bonds. The molecule has 4 heteroatoms. The molecule has 0 spiro atoms. The van der Waals surface area contributed by atoms with E-state index in [2.05, 4.69) is 37.6 Å². The Balaban J connectivity index is 1.59. The Bertz CT molecular complexity index is 383. The van der Waals surface area contributed by atoms with E-state index in [4.69, 9.17) is 0 Å². The predicted molar refractivity (Wildman–Crippen MR) is 81.0 cm³/mol. The van der Waals surface area contributed by atoms with Gasteiger partial charge >= 0.3 is 0 Å². The molecule has 0 aromatic carbocycles. The second kappa shape index (κ2) is 6.04. The van der Waals surface area contributed by atoms with Crippen LogP contribution in [0.1, 0.15) is 30.6 Å². The van der Waals surface area contributed by atoms with Crippen molar-refractivity contribution in [3.63, 3.8) is 0 Å². The van der Waals surface area contributed by atoms with Gasteiger partial charge in [-0.2, -0.15) is 0 Å². The fraction of sp³-hybridized carbons (Fsp3) is 0.714. The van der Waals surface area contributed by atoms with E-state index in [1.807, 2.05) is 11.3 Å². The lowest BCUT2D eigenvalue weighted by Gasteiger charge is -2.25. The first-order valence-corrected chi connectivity index (χ1v) is 8.66. The summed E-state index contributed by atoms with van der Waals surface area (Å²) >= 11 is 5.53. The van der Waals surface area contributed by atoms with E-state index >= 15 is 0 Å². The number of nitrogens with one attached hydrogen (secondary N) is 1. The standard InChI is InChI=1S/C14H21BrN2S/c15-13-5-7-18-14(13)10-17(8-11-3-4-11)9-12-2-1-6-16-12/h5,7,11-12,16H,1-4,6,8-10H2. The van der Waals surface area contributed by atoms with Crippen LogP contribution in [0.5, 0.6) is 0 Å². The molecule has 1 N–H and O–H groups in total. The van der Waals surface area contributed by atoms with Crippen molar-refractivity contribution in [1.82, 2.24) is 10.2 Å². The molecule has 3 rings (SSSR count). The third-order valence-corrected chi connectivity index (χ3v) is 5.82. The van der Waals surface area contributed by atoms with Crippen LogP contribution in [-0.2, 0) is 6.54 Å². The summed E-state index contributed by atoms with van der Waals surface area (Å²) in [6.07, 6.45) is 5.60. The second-order valence-corrected chi connectivity index (χ2v) is 7.48. The third kappa shape index (κ3) is 3.56. The Morgan fingerprint density at radius 3 is 2.83 bits per heavy atom. The molecule has 100 valence electrons. The van der Waals surface area contributed by atoms with Crippen LogP contribution >= 0.6 is 27.3 Å². The first kappa shape index (κ1) is 13.1. The molecular formula is C14H21BrN2S. The minimum Gasteiger partial charge on any atom is -0.313 e. The largest absolute Gasteiger partial charge is 0.313 e. The molecule has 1 unspecified atom stereocenters. The third-order valence-electron chi connectivity index (χ3n) is 3.91. The highest BCUT2D eigenvalue weighted by Crippen LogP contribution is 2.32. The van der Waals surface area contributed by atoms with Gasteiger partial charge in [-0.15, -0.1) is 11.3 Å². The zero-order chi connectivity index (χ0) is 12.4. The van der Waals surface area contributed by atoms with Crippen molar-refractivity contribution < 1.29 is 0 Å². The number of halogens is 1. The summed E-state index contributed by atoms with van der Waals surface area (Å²) in [6, 6.07) is 2.89. The Hall–Kier alpha value is 0.1000. The Labute approximate surface area is 122 Å². The zero-order valence-corrected chi connectivity index (χ0v) is 13.1. The van der Waals surface area contributed by atoms with E-state index in [0.717, 1.165) is 18.5 Å². The van der Waals surface area contributed by atoms with Crippen molar-refractivity contribution in [2.75, 3.05) is 19.6 Å². The van der Waals surface area contributed by atoms with Gasteiger partial charge < -0.3 is 5.32 Å². The predicted octanol–water partition coefficient (Wildman–Crippen LogP) is 3.47. The molecule has 2 heterocycles. The summed E-state index contributed by atoms with van der Waals surface area (Å²) in [7, 11) is 0. The normalized spacial score (nSPS) is 24.0. The van der Waals surface area contributed by atoms with Gasteiger partial charge in [0.15, 0.2) is 0 Å². The zero-order valence-electron chi connectivity index (χ0n) is 10.7. The van der Waals surface area contributed by atoms with Gasteiger partial charge in [0.2, 0.25) is 0 Å². The van der Waals surface area contributed by atoms with Crippen molar-refractivity contribution >= 4 is 27.3 Å². The van der Waals surface area contributed by atoms with Crippen molar-refractivity contribution in [2.45, 2.75) is 38.3 Å². The fourth-order valence-electron chi connectivity index (χ4n) is 2.73. The summed E-state index contributed by atoms with van der Waals surface area (Å²) in [5.74, 6) is 0.977. The van der Waals surface area contributed by atoms with E-state index in [0.29, 0.717) is 0 Å². The van der Waals surface area contributed by atoms with Gasteiger partial charge in [0.1, 0.15) is 0 Å². The summed E-state index contributed by atoms with van der Waals surface area (Å²) in [4.78, 5) is 4.14. The minimum atomic E-state index is 0.725. The van der Waals surface area contributed by atoms with E-state index in [9.17, 15) is 0 Å². The van der Waals surface area contributed by atoms with Crippen LogP contribution in [0.4, 0.5) is 0 Å². The lowest BCUT2D eigenvalue weighted by Crippen LogP contribution is -2.38. The molecule has 2 aliphatic rings. The van der Waals surface area contributed by atoms with E-state index < -0.39 is 0 Å². The Kier molecular flexibility index (Phi) is 4.39. The van der Waals surface area contributed by atoms with Crippen LogP contribution < -0.4 is 5.32 Å². The molecule has 1 aliphatic heterocycles. The number of rotatable bonds is 6. The number of hydrogen-bond donors (Lipinski definition) is 1. The SMILES string of the molecule is Brc1ccsc1CN(CC1CC1)CC1CCCN1. The van der Waals surface area contributed by atoms with Gasteiger partial charge in [-0.25, -0.2) is 0 Å². The quantitative estimate of drug-likeness (QED) is 0.860. The van der Waals surface area contributed by atoms with Crippen LogP contribution in [0.3, 0.4) is 0 Å². The molecule has 2 fully saturated rings. The monoisotopic (exact) mass is 328 g/mol. The Morgan fingerprint density at radius 1 is 1.33 bits per heavy atom. The molecule has 0 bridgehead atoms. The van der Waals surface area contributed by atoms with Crippen LogP contribution in [-0.4, -0.2) is 30.6 Å². The van der Waals surface area contributed by atoms with Gasteiger partial charge in [-0.1, -0.05) is 0 Å². The molecule has 18 heavy (non-hydrogen) atoms. The minimum absolute atomic E-state index is 0.725. The number of nitrogens with zero attached hydrogens (tertiary/aromatic N) is 1. The Morgan fingerprint density at radius 2 is 2.22 bits per heavy atom. The van der Waals surface area contributed by atoms with Gasteiger partial charge in [-0.3, -0.25) is 4.90 Å². The van der Waals surface area contributed by atoms with Crippen LogP contribution in [0, 0.1) is 5.92 Å². The maximum atomic E-state index is 3.66. The highest BCUT2D eigenvalue weighted by molar-refractivity contribution is 9.10. The molecule has 1 saturated carbocycles. The maximum Gasteiger partial charge on any atom is 0.0340 e. The average Bonchev–Trinajstić information content (AvgIpc) is 2.84. The molecule has 1 aromatic heterocycles. The van der Waals surface area contributed by atoms with Crippen LogP contribution in [0.15, 0.2) is 15.9 Å². The molecule has 0 radical (unpaired) electrons. The molecular weight excluding hydrogens is 308 g/mol. The molecule has 1 saturated heterocycles. The average molecular weight is 329 g/mol. The smallest absolute Gasteiger partial charge is 0.0340 e. The van der Waals surface area contributed by atoms with Gasteiger partial charge in [0.05, 0.1) is 0 Å². The van der Waals surface area contributed by atoms with Gasteiger partial charge in [0, 0.05) is 35.0 Å². The lowest BCUT2D eigenvalue weighted by atomic mass is 10.2. The first-order chi connectivity index (χ1) is 8.81. The second-order valence-electron chi connectivity index (χ2n) is 5.62. The molecule has 1 aliphatic carbocycles. The van der Waals surface area contributed by atoms with E-state index in [1.165, 1.54) is 54.7 Å². The summed E-state index contributed by atoms with van der Waals surface area (Å²) in [6.45, 7) is 4.85. The highest BCUT2D eigenvalue weighted by Gasteiger charge is 2.26. The highest BCUT2D eigenvalue weighted by atomic mass is 79.9. The maximum absolute atomic E-state index is 3.66. The van der Waals surface area contributed by atoms with E-state index in [-0.39, 0.29) is 0 Å². The summed E-state index contributed by atoms with van der Waals surface area (Å²) < 4.78 is 1.28. The molecule has 2 nitrogen and oxygen atoms in total. The van der Waals surface area contributed by atoms with Crippen molar-refractivity contribution in [2.24, 2.45) is 5.92 Å². The number of thiophene rings is 1. The van der Waals surface area contributed by atoms with Crippen molar-refractivity contribution in [1.29, 1.82) is 0 Å². The van der Waals surface area contributed by atoms with Gasteiger partial charge in [0.25, 0.3) is 0 Å². The van der Waals surface area contributed by atoms with Crippen LogP contribution in [0.25, 0.3) is 0 Å². The molecule has 1 atom stereocenters. The fourth-order valence-corrected chi connectivity index (χ4v) is 4.25. The van der Waals surface area contributed by atoms with Crippen LogP contribution in [0.2, 0.25) is 0 Å².